The molecule has 6 heteroatoms. The van der Waals surface area contributed by atoms with Gasteiger partial charge in [0.05, 0.1) is 0 Å². The highest BCUT2D eigenvalue weighted by atomic mass is 16.6. The van der Waals surface area contributed by atoms with Crippen molar-refractivity contribution in [2.75, 3.05) is 13.2 Å². The lowest BCUT2D eigenvalue weighted by Crippen LogP contribution is -2.30. The maximum atomic E-state index is 12.8. The molecule has 0 fully saturated rings. The number of hydrogen-bond donors (Lipinski definition) is 0. The van der Waals surface area contributed by atoms with Gasteiger partial charge in [-0.25, -0.2) is 0 Å². The molecule has 0 aliphatic carbocycles. The number of allylic oxidation sites excluding steroid dienone is 10. The minimum absolute atomic E-state index is 0.0782. The molecular formula is C64H114O6. The molecule has 406 valence electrons. The minimum atomic E-state index is -0.780. The fourth-order valence-corrected chi connectivity index (χ4v) is 8.72. The van der Waals surface area contributed by atoms with Crippen LogP contribution < -0.4 is 0 Å². The molecule has 70 heavy (non-hydrogen) atoms. The monoisotopic (exact) mass is 979 g/mol. The fraction of sp³-hybridized carbons (Fsp3) is 0.797. The van der Waals surface area contributed by atoms with Crippen LogP contribution in [-0.2, 0) is 28.6 Å². The molecule has 0 radical (unpaired) electrons. The van der Waals surface area contributed by atoms with Crippen molar-refractivity contribution in [1.29, 1.82) is 0 Å². The van der Waals surface area contributed by atoms with E-state index in [2.05, 4.69) is 81.5 Å². The number of ether oxygens (including phenoxy) is 3. The summed E-state index contributed by atoms with van der Waals surface area (Å²) in [7, 11) is 0. The first-order valence-electron chi connectivity index (χ1n) is 30.3. The predicted molar refractivity (Wildman–Crippen MR) is 302 cm³/mol. The Hall–Kier alpha value is -2.89. The zero-order valence-corrected chi connectivity index (χ0v) is 46.5. The van der Waals surface area contributed by atoms with E-state index in [9.17, 15) is 14.4 Å². The highest BCUT2D eigenvalue weighted by Gasteiger charge is 2.19. The molecule has 0 saturated heterocycles. The smallest absolute Gasteiger partial charge is 0.306 e. The Morgan fingerprint density at radius 2 is 0.557 bits per heavy atom. The molecule has 1 unspecified atom stereocenters. The van der Waals surface area contributed by atoms with E-state index in [-0.39, 0.29) is 31.1 Å². The van der Waals surface area contributed by atoms with Crippen molar-refractivity contribution in [3.05, 3.63) is 60.8 Å². The Bertz CT molecular complexity index is 1260. The highest BCUT2D eigenvalue weighted by molar-refractivity contribution is 5.71. The molecule has 0 heterocycles. The molecule has 0 amide bonds. The van der Waals surface area contributed by atoms with Gasteiger partial charge in [-0.1, -0.05) is 268 Å². The first kappa shape index (κ1) is 67.1. The Kier molecular flexibility index (Phi) is 56.3. The molecule has 0 aromatic rings. The first-order chi connectivity index (χ1) is 34.5. The van der Waals surface area contributed by atoms with Crippen LogP contribution >= 0.6 is 0 Å². The number of unbranched alkanes of at least 4 members (excludes halogenated alkanes) is 34. The van der Waals surface area contributed by atoms with E-state index >= 15 is 0 Å². The normalized spacial score (nSPS) is 12.4. The van der Waals surface area contributed by atoms with Gasteiger partial charge in [0.1, 0.15) is 13.2 Å². The largest absolute Gasteiger partial charge is 0.462 e. The van der Waals surface area contributed by atoms with E-state index in [4.69, 9.17) is 14.2 Å². The second kappa shape index (κ2) is 58.7. The van der Waals surface area contributed by atoms with Crippen molar-refractivity contribution in [1.82, 2.24) is 0 Å². The maximum Gasteiger partial charge on any atom is 0.306 e. The van der Waals surface area contributed by atoms with Gasteiger partial charge < -0.3 is 14.2 Å². The summed E-state index contributed by atoms with van der Waals surface area (Å²) >= 11 is 0. The van der Waals surface area contributed by atoms with Gasteiger partial charge in [-0.2, -0.15) is 0 Å². The average molecular weight is 980 g/mol. The van der Waals surface area contributed by atoms with Gasteiger partial charge in [-0.3, -0.25) is 14.4 Å². The van der Waals surface area contributed by atoms with E-state index < -0.39 is 6.10 Å². The first-order valence-corrected chi connectivity index (χ1v) is 30.3. The number of rotatable bonds is 55. The van der Waals surface area contributed by atoms with Crippen molar-refractivity contribution in [3.63, 3.8) is 0 Å². The van der Waals surface area contributed by atoms with Crippen molar-refractivity contribution in [2.24, 2.45) is 0 Å². The third-order valence-electron chi connectivity index (χ3n) is 13.3. The quantitative estimate of drug-likeness (QED) is 0.0261. The Balaban J connectivity index is 4.18. The number of esters is 3. The van der Waals surface area contributed by atoms with Gasteiger partial charge in [-0.05, 0) is 83.5 Å². The van der Waals surface area contributed by atoms with Gasteiger partial charge >= 0.3 is 17.9 Å². The molecular weight excluding hydrogens is 865 g/mol. The SMILES string of the molecule is CC/C=C\C/C=C\C/C=C\CCCCCCCC(=O)OC(COC(=O)CCCCCCCCCCCC)COC(=O)CCCCCCCCCCCCCCCCC/C=C\C/C=C\CCCCCCC. The van der Waals surface area contributed by atoms with Gasteiger partial charge in [-0.15, -0.1) is 0 Å². The van der Waals surface area contributed by atoms with Crippen molar-refractivity contribution >= 4 is 17.9 Å². The van der Waals surface area contributed by atoms with Gasteiger partial charge in [0.25, 0.3) is 0 Å². The van der Waals surface area contributed by atoms with E-state index in [0.29, 0.717) is 19.3 Å². The molecule has 0 aromatic heterocycles. The van der Waals surface area contributed by atoms with E-state index in [1.54, 1.807) is 0 Å². The van der Waals surface area contributed by atoms with Gasteiger partial charge in [0.15, 0.2) is 6.10 Å². The summed E-state index contributed by atoms with van der Waals surface area (Å²) in [4.78, 5) is 38.1. The van der Waals surface area contributed by atoms with Crippen LogP contribution in [0, 0.1) is 0 Å². The number of carbonyl (C=O) groups excluding carboxylic acids is 3. The van der Waals surface area contributed by atoms with E-state index in [0.717, 1.165) is 103 Å². The summed E-state index contributed by atoms with van der Waals surface area (Å²) < 4.78 is 16.8. The molecule has 0 aliphatic rings. The lowest BCUT2D eigenvalue weighted by atomic mass is 10.0. The number of carbonyl (C=O) groups is 3. The Morgan fingerprint density at radius 1 is 0.300 bits per heavy atom. The van der Waals surface area contributed by atoms with Crippen LogP contribution in [0.25, 0.3) is 0 Å². The summed E-state index contributed by atoms with van der Waals surface area (Å²) in [6.45, 7) is 6.52. The lowest BCUT2D eigenvalue weighted by Gasteiger charge is -2.18. The molecule has 0 aliphatic heterocycles. The zero-order chi connectivity index (χ0) is 50.7. The van der Waals surface area contributed by atoms with Crippen LogP contribution in [0.2, 0.25) is 0 Å². The maximum absolute atomic E-state index is 12.8. The summed E-state index contributed by atoms with van der Waals surface area (Å²) in [6, 6.07) is 0. The van der Waals surface area contributed by atoms with Crippen LogP contribution in [0.4, 0.5) is 0 Å². The Morgan fingerprint density at radius 3 is 0.871 bits per heavy atom. The molecule has 0 rings (SSSR count). The summed E-state index contributed by atoms with van der Waals surface area (Å²) in [5, 5.41) is 0. The number of hydrogen-bond acceptors (Lipinski definition) is 6. The molecule has 0 bridgehead atoms. The van der Waals surface area contributed by atoms with Crippen LogP contribution in [0.3, 0.4) is 0 Å². The van der Waals surface area contributed by atoms with Crippen LogP contribution in [0.5, 0.6) is 0 Å². The van der Waals surface area contributed by atoms with Crippen LogP contribution in [-0.4, -0.2) is 37.2 Å². The van der Waals surface area contributed by atoms with Crippen LogP contribution in [0.15, 0.2) is 60.8 Å². The Labute approximate surface area is 434 Å². The van der Waals surface area contributed by atoms with Crippen molar-refractivity contribution in [2.45, 2.75) is 316 Å². The topological polar surface area (TPSA) is 78.9 Å². The zero-order valence-electron chi connectivity index (χ0n) is 46.5. The lowest BCUT2D eigenvalue weighted by molar-refractivity contribution is -0.167. The van der Waals surface area contributed by atoms with Crippen molar-refractivity contribution in [3.8, 4) is 0 Å². The molecule has 1 atom stereocenters. The molecule has 0 aromatic carbocycles. The summed E-state index contributed by atoms with van der Waals surface area (Å²) in [5.41, 5.74) is 0. The van der Waals surface area contributed by atoms with E-state index in [1.807, 2.05) is 0 Å². The highest BCUT2D eigenvalue weighted by Crippen LogP contribution is 2.16. The van der Waals surface area contributed by atoms with Gasteiger partial charge in [0, 0.05) is 19.3 Å². The molecule has 0 spiro atoms. The predicted octanol–water partition coefficient (Wildman–Crippen LogP) is 20.4. The third-order valence-corrected chi connectivity index (χ3v) is 13.3. The third kappa shape index (κ3) is 56.0. The molecule has 6 nitrogen and oxygen atoms in total. The molecule has 0 saturated carbocycles. The molecule has 0 N–H and O–H groups in total. The van der Waals surface area contributed by atoms with Crippen LogP contribution in [0.1, 0.15) is 310 Å². The fourth-order valence-electron chi connectivity index (χ4n) is 8.72. The minimum Gasteiger partial charge on any atom is -0.462 e. The average Bonchev–Trinajstić information content (AvgIpc) is 3.36. The van der Waals surface area contributed by atoms with Gasteiger partial charge in [0.2, 0.25) is 0 Å². The standard InChI is InChI=1S/C64H114O6/c1-4-7-10-13-16-19-22-24-26-27-28-29-30-31-32-33-34-35-36-37-39-40-42-45-48-51-54-57-63(66)69-60-61(59-68-62(65)56-53-50-47-44-21-18-15-12-9-6-3)70-64(67)58-55-52-49-46-43-41-38-25-23-20-17-14-11-8-5-2/h8,11,17,20,22,24-25,27-28,38,61H,4-7,9-10,12-16,18-19,21,23,26,29-37,39-60H2,1-3H3/b11-8-,20-17-,24-22-,28-27-,38-25-. The van der Waals surface area contributed by atoms with E-state index in [1.165, 1.54) is 167 Å². The summed E-state index contributed by atoms with van der Waals surface area (Å²) in [5.74, 6) is -0.885. The second-order valence-corrected chi connectivity index (χ2v) is 20.2. The second-order valence-electron chi connectivity index (χ2n) is 20.2. The summed E-state index contributed by atoms with van der Waals surface area (Å²) in [6.07, 6.45) is 73.8. The van der Waals surface area contributed by atoms with Crippen molar-refractivity contribution < 1.29 is 28.6 Å².